The van der Waals surface area contributed by atoms with E-state index in [1.807, 2.05) is 0 Å². The van der Waals surface area contributed by atoms with Gasteiger partial charge in [0.25, 0.3) is 0 Å². The summed E-state index contributed by atoms with van der Waals surface area (Å²) in [7, 11) is 4.50. The second-order valence-corrected chi connectivity index (χ2v) is 7.11. The zero-order valence-corrected chi connectivity index (χ0v) is 13.3. The lowest BCUT2D eigenvalue weighted by Gasteiger charge is -2.38. The topological polar surface area (TPSA) is 15.3 Å². The number of hydrogen-bond donors (Lipinski definition) is 1. The quantitative estimate of drug-likeness (QED) is 0.791. The number of rotatable bonds is 6. The molecule has 2 heteroatoms. The molecule has 2 fully saturated rings. The molecule has 2 rings (SSSR count). The lowest BCUT2D eigenvalue weighted by molar-refractivity contribution is 0.147. The molecule has 0 bridgehead atoms. The molecule has 2 nitrogen and oxygen atoms in total. The summed E-state index contributed by atoms with van der Waals surface area (Å²) in [5.41, 5.74) is 0. The van der Waals surface area contributed by atoms with Gasteiger partial charge in [0.2, 0.25) is 0 Å². The Hall–Kier alpha value is -0.0800. The highest BCUT2D eigenvalue weighted by Gasteiger charge is 2.30. The van der Waals surface area contributed by atoms with Crippen molar-refractivity contribution in [1.82, 2.24) is 10.2 Å². The normalized spacial score (nSPS) is 33.2. The summed E-state index contributed by atoms with van der Waals surface area (Å²) in [5, 5.41) is 3.57. The molecule has 19 heavy (non-hydrogen) atoms. The van der Waals surface area contributed by atoms with E-state index >= 15 is 0 Å². The fourth-order valence-corrected chi connectivity index (χ4v) is 4.42. The predicted molar refractivity (Wildman–Crippen MR) is 83.4 cm³/mol. The van der Waals surface area contributed by atoms with Crippen LogP contribution >= 0.6 is 0 Å². The first-order chi connectivity index (χ1) is 9.22. The standard InChI is InChI=1S/C17H34N2/c1-4-14-9-10-17(18-2)16(11-14)13-19(3)12-15-7-5-6-8-15/h14-18H,4-13H2,1-3H3. The van der Waals surface area contributed by atoms with Crippen LogP contribution in [0.1, 0.15) is 58.3 Å². The van der Waals surface area contributed by atoms with Gasteiger partial charge in [-0.2, -0.15) is 0 Å². The molecule has 0 saturated heterocycles. The average molecular weight is 266 g/mol. The molecule has 2 aliphatic carbocycles. The van der Waals surface area contributed by atoms with Crippen molar-refractivity contribution in [3.8, 4) is 0 Å². The van der Waals surface area contributed by atoms with Gasteiger partial charge in [0.05, 0.1) is 0 Å². The van der Waals surface area contributed by atoms with E-state index in [0.717, 1.165) is 23.8 Å². The SMILES string of the molecule is CCC1CCC(NC)C(CN(C)CC2CCCC2)C1. The highest BCUT2D eigenvalue weighted by Crippen LogP contribution is 2.32. The zero-order valence-electron chi connectivity index (χ0n) is 13.3. The second-order valence-electron chi connectivity index (χ2n) is 7.11. The molecular weight excluding hydrogens is 232 g/mol. The van der Waals surface area contributed by atoms with Gasteiger partial charge in [0, 0.05) is 19.1 Å². The van der Waals surface area contributed by atoms with Crippen LogP contribution in [0.2, 0.25) is 0 Å². The lowest BCUT2D eigenvalue weighted by atomic mass is 9.76. The first-order valence-electron chi connectivity index (χ1n) is 8.58. The molecule has 0 aromatic carbocycles. The highest BCUT2D eigenvalue weighted by molar-refractivity contribution is 4.85. The Balaban J connectivity index is 1.79. The molecule has 2 saturated carbocycles. The van der Waals surface area contributed by atoms with Gasteiger partial charge >= 0.3 is 0 Å². The van der Waals surface area contributed by atoms with E-state index in [0.29, 0.717) is 0 Å². The maximum atomic E-state index is 3.57. The summed E-state index contributed by atoms with van der Waals surface area (Å²) in [4.78, 5) is 2.63. The van der Waals surface area contributed by atoms with Crippen molar-refractivity contribution in [2.45, 2.75) is 64.3 Å². The summed E-state index contributed by atoms with van der Waals surface area (Å²) >= 11 is 0. The van der Waals surface area contributed by atoms with E-state index in [1.165, 1.54) is 64.5 Å². The Bertz CT molecular complexity index is 248. The van der Waals surface area contributed by atoms with E-state index in [2.05, 4.69) is 31.2 Å². The molecule has 0 heterocycles. The van der Waals surface area contributed by atoms with Crippen LogP contribution in [0, 0.1) is 17.8 Å². The van der Waals surface area contributed by atoms with Crippen LogP contribution in [0.3, 0.4) is 0 Å². The van der Waals surface area contributed by atoms with E-state index in [-0.39, 0.29) is 0 Å². The van der Waals surface area contributed by atoms with Crippen LogP contribution in [0.5, 0.6) is 0 Å². The molecule has 0 aromatic rings. The lowest BCUT2D eigenvalue weighted by Crippen LogP contribution is -2.44. The summed E-state index contributed by atoms with van der Waals surface area (Å²) in [6, 6.07) is 0.758. The summed E-state index contributed by atoms with van der Waals surface area (Å²) in [6.45, 7) is 5.01. The molecular formula is C17H34N2. The van der Waals surface area contributed by atoms with Gasteiger partial charge in [-0.25, -0.2) is 0 Å². The van der Waals surface area contributed by atoms with E-state index in [9.17, 15) is 0 Å². The van der Waals surface area contributed by atoms with Crippen molar-refractivity contribution in [1.29, 1.82) is 0 Å². The number of nitrogens with zero attached hydrogens (tertiary/aromatic N) is 1. The predicted octanol–water partition coefficient (Wildman–Crippen LogP) is 3.52. The summed E-state index contributed by atoms with van der Waals surface area (Å²) in [5.74, 6) is 2.84. The monoisotopic (exact) mass is 266 g/mol. The van der Waals surface area contributed by atoms with Gasteiger partial charge in [-0.3, -0.25) is 0 Å². The molecule has 2 aliphatic rings. The number of hydrogen-bond acceptors (Lipinski definition) is 2. The van der Waals surface area contributed by atoms with Gasteiger partial charge in [-0.15, -0.1) is 0 Å². The van der Waals surface area contributed by atoms with Crippen LogP contribution < -0.4 is 5.32 Å². The summed E-state index contributed by atoms with van der Waals surface area (Å²) < 4.78 is 0. The third-order valence-corrected chi connectivity index (χ3v) is 5.63. The minimum absolute atomic E-state index is 0.758. The van der Waals surface area contributed by atoms with E-state index in [1.54, 1.807) is 0 Å². The van der Waals surface area contributed by atoms with Gasteiger partial charge in [0.1, 0.15) is 0 Å². The molecule has 0 amide bonds. The van der Waals surface area contributed by atoms with Gasteiger partial charge in [-0.1, -0.05) is 26.2 Å². The molecule has 3 atom stereocenters. The van der Waals surface area contributed by atoms with Crippen molar-refractivity contribution in [2.24, 2.45) is 17.8 Å². The van der Waals surface area contributed by atoms with Crippen LogP contribution in [-0.4, -0.2) is 38.1 Å². The molecule has 0 aromatic heterocycles. The Morgan fingerprint density at radius 1 is 1.00 bits per heavy atom. The van der Waals surface area contributed by atoms with Gasteiger partial charge in [-0.05, 0) is 64.0 Å². The molecule has 0 radical (unpaired) electrons. The van der Waals surface area contributed by atoms with Crippen molar-refractivity contribution in [3.63, 3.8) is 0 Å². The van der Waals surface area contributed by atoms with Crippen LogP contribution in [0.15, 0.2) is 0 Å². The fraction of sp³-hybridized carbons (Fsp3) is 1.00. The third kappa shape index (κ3) is 4.46. The smallest absolute Gasteiger partial charge is 0.0105 e. The maximum Gasteiger partial charge on any atom is 0.0105 e. The minimum Gasteiger partial charge on any atom is -0.317 e. The molecule has 1 N–H and O–H groups in total. The van der Waals surface area contributed by atoms with Gasteiger partial charge in [0.15, 0.2) is 0 Å². The summed E-state index contributed by atoms with van der Waals surface area (Å²) in [6.07, 6.45) is 11.5. The Morgan fingerprint density at radius 3 is 2.37 bits per heavy atom. The number of nitrogens with one attached hydrogen (secondary N) is 1. The Morgan fingerprint density at radius 2 is 1.74 bits per heavy atom. The van der Waals surface area contributed by atoms with Crippen molar-refractivity contribution in [2.75, 3.05) is 27.2 Å². The molecule has 112 valence electrons. The zero-order chi connectivity index (χ0) is 13.7. The van der Waals surface area contributed by atoms with Crippen LogP contribution in [0.25, 0.3) is 0 Å². The van der Waals surface area contributed by atoms with Crippen molar-refractivity contribution in [3.05, 3.63) is 0 Å². The molecule has 0 aliphatic heterocycles. The Kier molecular flexibility index (Phi) is 6.15. The van der Waals surface area contributed by atoms with Crippen LogP contribution in [0.4, 0.5) is 0 Å². The minimum atomic E-state index is 0.758. The fourth-order valence-electron chi connectivity index (χ4n) is 4.42. The third-order valence-electron chi connectivity index (χ3n) is 5.63. The highest BCUT2D eigenvalue weighted by atomic mass is 15.1. The maximum absolute atomic E-state index is 3.57. The van der Waals surface area contributed by atoms with Crippen molar-refractivity contribution < 1.29 is 0 Å². The first kappa shape index (κ1) is 15.3. The van der Waals surface area contributed by atoms with Crippen LogP contribution in [-0.2, 0) is 0 Å². The second kappa shape index (κ2) is 7.64. The van der Waals surface area contributed by atoms with E-state index in [4.69, 9.17) is 0 Å². The van der Waals surface area contributed by atoms with Crippen molar-refractivity contribution >= 4 is 0 Å². The molecule has 0 spiro atoms. The van der Waals surface area contributed by atoms with Gasteiger partial charge < -0.3 is 10.2 Å². The Labute approximate surface area is 120 Å². The average Bonchev–Trinajstić information content (AvgIpc) is 2.91. The van der Waals surface area contributed by atoms with E-state index < -0.39 is 0 Å². The first-order valence-corrected chi connectivity index (χ1v) is 8.58. The molecule has 3 unspecified atom stereocenters. The largest absolute Gasteiger partial charge is 0.317 e.